The monoisotopic (exact) mass is 455 g/mol. The Labute approximate surface area is 193 Å². The summed E-state index contributed by atoms with van der Waals surface area (Å²) in [6, 6.07) is 14.5. The Kier molecular flexibility index (Phi) is 4.45. The molecule has 0 radical (unpaired) electrons. The van der Waals surface area contributed by atoms with E-state index in [4.69, 9.17) is 5.73 Å². The molecule has 1 amide bonds. The molecule has 5 aromatic rings. The summed E-state index contributed by atoms with van der Waals surface area (Å²) in [5.41, 5.74) is 8.81. The van der Waals surface area contributed by atoms with Gasteiger partial charge in [0.05, 0.1) is 17.4 Å². The summed E-state index contributed by atoms with van der Waals surface area (Å²) in [5.74, 6) is -0.344. The minimum Gasteiger partial charge on any atom is -0.366 e. The molecule has 6 rings (SSSR count). The summed E-state index contributed by atoms with van der Waals surface area (Å²) in [6.45, 7) is 0. The van der Waals surface area contributed by atoms with Crippen molar-refractivity contribution in [3.05, 3.63) is 95.7 Å². The van der Waals surface area contributed by atoms with Gasteiger partial charge in [-0.25, -0.2) is 18.7 Å². The zero-order chi connectivity index (χ0) is 23.4. The number of hydrogen-bond donors (Lipinski definition) is 1. The predicted octanol–water partition coefficient (Wildman–Crippen LogP) is 5.06. The summed E-state index contributed by atoms with van der Waals surface area (Å²) >= 11 is 0. The van der Waals surface area contributed by atoms with Crippen molar-refractivity contribution in [1.82, 2.24) is 19.4 Å². The van der Waals surface area contributed by atoms with Crippen LogP contribution >= 0.6 is 0 Å². The zero-order valence-electron chi connectivity index (χ0n) is 18.0. The topological polar surface area (TPSA) is 86.2 Å². The van der Waals surface area contributed by atoms with Crippen molar-refractivity contribution < 1.29 is 13.6 Å². The van der Waals surface area contributed by atoms with Gasteiger partial charge in [-0.3, -0.25) is 14.2 Å². The molecule has 168 valence electrons. The number of alkyl halides is 2. The van der Waals surface area contributed by atoms with E-state index >= 15 is 0 Å². The number of carbonyl (C=O) groups excluding carboxylic acids is 1. The molecule has 0 atom stereocenters. The van der Waals surface area contributed by atoms with Crippen LogP contribution in [0, 0.1) is 0 Å². The highest BCUT2D eigenvalue weighted by Gasteiger charge is 2.48. The Morgan fingerprint density at radius 2 is 1.82 bits per heavy atom. The van der Waals surface area contributed by atoms with Crippen molar-refractivity contribution in [2.75, 3.05) is 0 Å². The second-order valence-electron chi connectivity index (χ2n) is 8.62. The molecule has 2 aromatic carbocycles. The fourth-order valence-electron chi connectivity index (χ4n) is 4.71. The molecule has 0 aliphatic heterocycles. The van der Waals surface area contributed by atoms with E-state index in [1.165, 1.54) is 17.7 Å². The van der Waals surface area contributed by atoms with E-state index in [2.05, 4.69) is 27.1 Å². The fraction of sp³-hybridized carbons (Fsp3) is 0.154. The van der Waals surface area contributed by atoms with Crippen LogP contribution in [-0.2, 0) is 5.41 Å². The average molecular weight is 455 g/mol. The normalized spacial score (nSPS) is 14.7. The maximum atomic E-state index is 13.6. The lowest BCUT2D eigenvalue weighted by Gasteiger charge is -2.17. The second kappa shape index (κ2) is 7.41. The van der Waals surface area contributed by atoms with Crippen LogP contribution in [0.25, 0.3) is 27.8 Å². The van der Waals surface area contributed by atoms with Gasteiger partial charge >= 0.3 is 0 Å². The van der Waals surface area contributed by atoms with Crippen LogP contribution in [0.1, 0.15) is 46.4 Å². The highest BCUT2D eigenvalue weighted by molar-refractivity contribution is 5.95. The Morgan fingerprint density at radius 1 is 1.00 bits per heavy atom. The number of halogens is 2. The standard InChI is InChI=1S/C26H19F2N5O/c27-23(28)20-11-15(3-5-19(20)24(29)34)17-12-31-25-32-13-22(33(25)14-17)26(7-8-26)18-4-6-21-16(10-18)2-1-9-30-21/h1-6,9-14,23H,7-8H2,(H2,29,34). The van der Waals surface area contributed by atoms with Gasteiger partial charge in [-0.2, -0.15) is 0 Å². The van der Waals surface area contributed by atoms with Crippen molar-refractivity contribution in [2.45, 2.75) is 24.7 Å². The second-order valence-corrected chi connectivity index (χ2v) is 8.62. The van der Waals surface area contributed by atoms with Crippen LogP contribution in [0.3, 0.4) is 0 Å². The molecule has 0 saturated heterocycles. The van der Waals surface area contributed by atoms with Crippen LogP contribution in [0.4, 0.5) is 8.78 Å². The third-order valence-corrected chi connectivity index (χ3v) is 6.65. The highest BCUT2D eigenvalue weighted by Crippen LogP contribution is 2.53. The number of benzene rings is 2. The Bertz CT molecular complexity index is 1590. The average Bonchev–Trinajstić information content (AvgIpc) is 3.55. The number of nitrogens with two attached hydrogens (primary N) is 1. The van der Waals surface area contributed by atoms with Gasteiger partial charge < -0.3 is 5.73 Å². The first-order valence-electron chi connectivity index (χ1n) is 10.9. The molecule has 2 N–H and O–H groups in total. The van der Waals surface area contributed by atoms with E-state index in [-0.39, 0.29) is 16.5 Å². The van der Waals surface area contributed by atoms with Gasteiger partial charge in [0.25, 0.3) is 6.43 Å². The Hall–Kier alpha value is -4.20. The zero-order valence-corrected chi connectivity index (χ0v) is 18.0. The molecule has 0 unspecified atom stereocenters. The molecule has 1 fully saturated rings. The number of amides is 1. The van der Waals surface area contributed by atoms with Crippen molar-refractivity contribution in [3.63, 3.8) is 0 Å². The van der Waals surface area contributed by atoms with Crippen molar-refractivity contribution in [3.8, 4) is 11.1 Å². The largest absolute Gasteiger partial charge is 0.366 e. The number of rotatable bonds is 5. The van der Waals surface area contributed by atoms with Crippen molar-refractivity contribution in [1.29, 1.82) is 0 Å². The Balaban J connectivity index is 1.46. The van der Waals surface area contributed by atoms with E-state index < -0.39 is 12.3 Å². The molecule has 0 bridgehead atoms. The fourth-order valence-corrected chi connectivity index (χ4v) is 4.71. The van der Waals surface area contributed by atoms with Gasteiger partial charge in [0.1, 0.15) is 0 Å². The molecule has 3 heterocycles. The molecule has 34 heavy (non-hydrogen) atoms. The van der Waals surface area contributed by atoms with Crippen LogP contribution in [-0.4, -0.2) is 25.3 Å². The van der Waals surface area contributed by atoms with Gasteiger partial charge in [-0.05, 0) is 54.3 Å². The highest BCUT2D eigenvalue weighted by atomic mass is 19.3. The van der Waals surface area contributed by atoms with Crippen molar-refractivity contribution in [2.24, 2.45) is 5.73 Å². The van der Waals surface area contributed by atoms with Gasteiger partial charge in [-0.15, -0.1) is 0 Å². The summed E-state index contributed by atoms with van der Waals surface area (Å²) in [6.07, 6.45) is 6.21. The molecule has 3 aromatic heterocycles. The van der Waals surface area contributed by atoms with Gasteiger partial charge in [0, 0.05) is 46.1 Å². The van der Waals surface area contributed by atoms with Crippen LogP contribution in [0.2, 0.25) is 0 Å². The maximum absolute atomic E-state index is 13.6. The number of nitrogens with zero attached hydrogens (tertiary/aromatic N) is 4. The number of primary amides is 1. The number of aromatic nitrogens is 4. The lowest BCUT2D eigenvalue weighted by Crippen LogP contribution is -2.14. The smallest absolute Gasteiger partial charge is 0.264 e. The van der Waals surface area contributed by atoms with Gasteiger partial charge in [0.2, 0.25) is 11.7 Å². The molecule has 1 aliphatic rings. The van der Waals surface area contributed by atoms with Crippen LogP contribution in [0.15, 0.2) is 73.3 Å². The number of carbonyl (C=O) groups is 1. The maximum Gasteiger partial charge on any atom is 0.264 e. The van der Waals surface area contributed by atoms with Gasteiger partial charge in [-0.1, -0.05) is 18.2 Å². The number of hydrogen-bond acceptors (Lipinski definition) is 4. The number of pyridine rings is 1. The summed E-state index contributed by atoms with van der Waals surface area (Å²) in [7, 11) is 0. The molecule has 0 spiro atoms. The molecule has 8 heteroatoms. The number of fused-ring (bicyclic) bond motifs is 2. The third kappa shape index (κ3) is 3.14. The summed E-state index contributed by atoms with van der Waals surface area (Å²) in [5, 5.41) is 1.08. The summed E-state index contributed by atoms with van der Waals surface area (Å²) < 4.78 is 29.1. The molecule has 1 aliphatic carbocycles. The molecular weight excluding hydrogens is 436 g/mol. The van der Waals surface area contributed by atoms with Crippen molar-refractivity contribution >= 4 is 22.6 Å². The first-order valence-corrected chi connectivity index (χ1v) is 10.9. The third-order valence-electron chi connectivity index (χ3n) is 6.65. The quantitative estimate of drug-likeness (QED) is 0.401. The Morgan fingerprint density at radius 3 is 2.59 bits per heavy atom. The van der Waals surface area contributed by atoms with Gasteiger partial charge in [0.15, 0.2) is 0 Å². The molecule has 6 nitrogen and oxygen atoms in total. The van der Waals surface area contributed by atoms with E-state index in [0.717, 1.165) is 29.4 Å². The van der Waals surface area contributed by atoms with E-state index in [1.807, 2.05) is 35.0 Å². The minimum atomic E-state index is -2.82. The number of imidazole rings is 1. The minimum absolute atomic E-state index is 0.182. The lowest BCUT2D eigenvalue weighted by molar-refractivity contribution is 0.0986. The van der Waals surface area contributed by atoms with Crippen LogP contribution < -0.4 is 5.73 Å². The summed E-state index contributed by atoms with van der Waals surface area (Å²) in [4.78, 5) is 24.9. The van der Waals surface area contributed by atoms with E-state index in [0.29, 0.717) is 16.9 Å². The molecule has 1 saturated carbocycles. The van der Waals surface area contributed by atoms with E-state index in [1.54, 1.807) is 18.5 Å². The first-order chi connectivity index (χ1) is 16.5. The lowest BCUT2D eigenvalue weighted by atomic mass is 9.91. The SMILES string of the molecule is NC(=O)c1ccc(-c2cnc3ncc(C4(c5ccc6ncccc6c5)CC4)n3c2)cc1C(F)F. The first kappa shape index (κ1) is 20.4. The van der Waals surface area contributed by atoms with Crippen LogP contribution in [0.5, 0.6) is 0 Å². The van der Waals surface area contributed by atoms with E-state index in [9.17, 15) is 13.6 Å². The molecular formula is C26H19F2N5O. The predicted molar refractivity (Wildman–Crippen MR) is 124 cm³/mol.